The number of carboxylic acids is 1. The monoisotopic (exact) mass is 268 g/mol. The van der Waals surface area contributed by atoms with Gasteiger partial charge in [0.1, 0.15) is 5.75 Å². The molecule has 3 heteroatoms. The molecular formula is C17H16O3. The van der Waals surface area contributed by atoms with Gasteiger partial charge in [-0.25, -0.2) is 4.79 Å². The number of aryl methyl sites for hydroxylation is 1. The molecule has 3 nitrogen and oxygen atoms in total. The standard InChI is InChI=1S/C17H16O3/c1-12-7-9-13(10-8-12)15(11-17(18)19)14-5-3-4-6-16(14)20-2/h3-11H,1-2H3,(H,18,19)/b15-11+. The second-order valence-electron chi connectivity index (χ2n) is 4.46. The Morgan fingerprint density at radius 3 is 2.35 bits per heavy atom. The van der Waals surface area contributed by atoms with Crippen LogP contribution in [0.1, 0.15) is 16.7 Å². The third kappa shape index (κ3) is 3.06. The van der Waals surface area contributed by atoms with Crippen LogP contribution in [0.15, 0.2) is 54.6 Å². The highest BCUT2D eigenvalue weighted by Crippen LogP contribution is 2.30. The molecule has 102 valence electrons. The normalized spacial score (nSPS) is 11.2. The van der Waals surface area contributed by atoms with E-state index in [-0.39, 0.29) is 0 Å². The lowest BCUT2D eigenvalue weighted by molar-refractivity contribution is -0.131. The number of benzene rings is 2. The molecular weight excluding hydrogens is 252 g/mol. The minimum Gasteiger partial charge on any atom is -0.496 e. The van der Waals surface area contributed by atoms with Gasteiger partial charge in [0.15, 0.2) is 0 Å². The van der Waals surface area contributed by atoms with Gasteiger partial charge >= 0.3 is 5.97 Å². The number of hydrogen-bond acceptors (Lipinski definition) is 2. The average Bonchev–Trinajstić information content (AvgIpc) is 2.45. The lowest BCUT2D eigenvalue weighted by Gasteiger charge is -2.12. The van der Waals surface area contributed by atoms with Crippen molar-refractivity contribution in [3.05, 3.63) is 71.3 Å². The number of hydrogen-bond donors (Lipinski definition) is 1. The summed E-state index contributed by atoms with van der Waals surface area (Å²) in [7, 11) is 1.58. The molecule has 2 aromatic carbocycles. The zero-order valence-electron chi connectivity index (χ0n) is 11.5. The lowest BCUT2D eigenvalue weighted by Crippen LogP contribution is -1.97. The van der Waals surface area contributed by atoms with Gasteiger partial charge in [0.2, 0.25) is 0 Å². The van der Waals surface area contributed by atoms with E-state index in [0.29, 0.717) is 11.3 Å². The van der Waals surface area contributed by atoms with Crippen LogP contribution in [0.3, 0.4) is 0 Å². The largest absolute Gasteiger partial charge is 0.496 e. The van der Waals surface area contributed by atoms with Crippen molar-refractivity contribution in [1.29, 1.82) is 0 Å². The molecule has 20 heavy (non-hydrogen) atoms. The molecule has 0 amide bonds. The van der Waals surface area contributed by atoms with Crippen LogP contribution in [0.25, 0.3) is 5.57 Å². The Kier molecular flexibility index (Phi) is 4.20. The predicted molar refractivity (Wildman–Crippen MR) is 78.9 cm³/mol. The minimum absolute atomic E-state index is 0.634. The maximum atomic E-state index is 11.1. The summed E-state index contributed by atoms with van der Waals surface area (Å²) in [5.74, 6) is -0.327. The first-order valence-electron chi connectivity index (χ1n) is 6.27. The number of ether oxygens (including phenoxy) is 1. The minimum atomic E-state index is -0.980. The number of carbonyl (C=O) groups is 1. The Hall–Kier alpha value is -2.55. The number of rotatable bonds is 4. The van der Waals surface area contributed by atoms with E-state index in [1.54, 1.807) is 7.11 Å². The molecule has 0 heterocycles. The zero-order chi connectivity index (χ0) is 14.5. The van der Waals surface area contributed by atoms with Crippen molar-refractivity contribution in [1.82, 2.24) is 0 Å². The molecule has 0 saturated heterocycles. The molecule has 0 radical (unpaired) electrons. The van der Waals surface area contributed by atoms with E-state index in [9.17, 15) is 4.79 Å². The molecule has 2 aromatic rings. The highest BCUT2D eigenvalue weighted by molar-refractivity contribution is 5.96. The molecule has 0 fully saturated rings. The molecule has 1 N–H and O–H groups in total. The van der Waals surface area contributed by atoms with Crippen LogP contribution in [-0.2, 0) is 4.79 Å². The molecule has 0 spiro atoms. The number of methoxy groups -OCH3 is 1. The fraction of sp³-hybridized carbons (Fsp3) is 0.118. The van der Waals surface area contributed by atoms with Crippen molar-refractivity contribution in [2.45, 2.75) is 6.92 Å². The van der Waals surface area contributed by atoms with Gasteiger partial charge in [-0.3, -0.25) is 0 Å². The summed E-state index contributed by atoms with van der Waals surface area (Å²) in [4.78, 5) is 11.1. The van der Waals surface area contributed by atoms with Crippen LogP contribution in [-0.4, -0.2) is 18.2 Å². The first kappa shape index (κ1) is 13.9. The van der Waals surface area contributed by atoms with Gasteiger partial charge in [-0.1, -0.05) is 48.0 Å². The maximum Gasteiger partial charge on any atom is 0.328 e. The lowest BCUT2D eigenvalue weighted by atomic mass is 9.96. The van der Waals surface area contributed by atoms with E-state index < -0.39 is 5.97 Å². The first-order chi connectivity index (χ1) is 9.61. The third-order valence-corrected chi connectivity index (χ3v) is 3.03. The summed E-state index contributed by atoms with van der Waals surface area (Å²) < 4.78 is 5.32. The molecule has 0 atom stereocenters. The molecule has 0 aliphatic carbocycles. The van der Waals surface area contributed by atoms with Gasteiger partial charge in [-0.15, -0.1) is 0 Å². The van der Waals surface area contributed by atoms with Crippen LogP contribution < -0.4 is 4.74 Å². The van der Waals surface area contributed by atoms with Gasteiger partial charge in [-0.2, -0.15) is 0 Å². The van der Waals surface area contributed by atoms with Crippen molar-refractivity contribution in [2.24, 2.45) is 0 Å². The third-order valence-electron chi connectivity index (χ3n) is 3.03. The molecule has 2 rings (SSSR count). The van der Waals surface area contributed by atoms with Crippen LogP contribution in [0.2, 0.25) is 0 Å². The van der Waals surface area contributed by atoms with Crippen molar-refractivity contribution >= 4 is 11.5 Å². The highest BCUT2D eigenvalue weighted by Gasteiger charge is 2.11. The summed E-state index contributed by atoms with van der Waals surface area (Å²) in [5.41, 5.74) is 3.38. The molecule has 0 saturated carbocycles. The van der Waals surface area contributed by atoms with Crippen molar-refractivity contribution < 1.29 is 14.6 Å². The van der Waals surface area contributed by atoms with Gasteiger partial charge < -0.3 is 9.84 Å². The Bertz CT molecular complexity index is 640. The number of carboxylic acid groups (broad SMARTS) is 1. The quantitative estimate of drug-likeness (QED) is 0.863. The van der Waals surface area contributed by atoms with E-state index in [4.69, 9.17) is 9.84 Å². The second-order valence-corrected chi connectivity index (χ2v) is 4.46. The Balaban J connectivity index is 2.59. The van der Waals surface area contributed by atoms with Crippen LogP contribution in [0.5, 0.6) is 5.75 Å². The SMILES string of the molecule is COc1ccccc1/C(=C/C(=O)O)c1ccc(C)cc1. The van der Waals surface area contributed by atoms with Crippen LogP contribution in [0.4, 0.5) is 0 Å². The smallest absolute Gasteiger partial charge is 0.328 e. The second kappa shape index (κ2) is 6.06. The van der Waals surface area contributed by atoms with Crippen molar-refractivity contribution in [3.8, 4) is 5.75 Å². The summed E-state index contributed by atoms with van der Waals surface area (Å²) in [6.07, 6.45) is 1.21. The Morgan fingerprint density at radius 1 is 1.10 bits per heavy atom. The summed E-state index contributed by atoms with van der Waals surface area (Å²) in [5, 5.41) is 9.11. The number of aliphatic carboxylic acids is 1. The average molecular weight is 268 g/mol. The fourth-order valence-corrected chi connectivity index (χ4v) is 2.04. The van der Waals surface area contributed by atoms with Crippen molar-refractivity contribution in [3.63, 3.8) is 0 Å². The van der Waals surface area contributed by atoms with E-state index in [2.05, 4.69) is 0 Å². The first-order valence-corrected chi connectivity index (χ1v) is 6.27. The molecule has 0 bridgehead atoms. The Morgan fingerprint density at radius 2 is 1.75 bits per heavy atom. The predicted octanol–water partition coefficient (Wildman–Crippen LogP) is 3.52. The van der Waals surface area contributed by atoms with E-state index in [1.807, 2.05) is 55.5 Å². The van der Waals surface area contributed by atoms with Crippen LogP contribution >= 0.6 is 0 Å². The van der Waals surface area contributed by atoms with E-state index in [0.717, 1.165) is 16.7 Å². The van der Waals surface area contributed by atoms with Crippen molar-refractivity contribution in [2.75, 3.05) is 7.11 Å². The van der Waals surface area contributed by atoms with Gasteiger partial charge in [-0.05, 0) is 24.1 Å². The van der Waals surface area contributed by atoms with Gasteiger partial charge in [0.25, 0.3) is 0 Å². The molecule has 0 unspecified atom stereocenters. The zero-order valence-corrected chi connectivity index (χ0v) is 11.5. The molecule has 0 aliphatic heterocycles. The topological polar surface area (TPSA) is 46.5 Å². The highest BCUT2D eigenvalue weighted by atomic mass is 16.5. The van der Waals surface area contributed by atoms with Crippen LogP contribution in [0, 0.1) is 6.92 Å². The maximum absolute atomic E-state index is 11.1. The molecule has 0 aliphatic rings. The van der Waals surface area contributed by atoms with E-state index in [1.165, 1.54) is 6.08 Å². The van der Waals surface area contributed by atoms with Gasteiger partial charge in [0, 0.05) is 11.6 Å². The Labute approximate surface area is 118 Å². The summed E-state index contributed by atoms with van der Waals surface area (Å²) in [6, 6.07) is 15.1. The molecule has 0 aromatic heterocycles. The van der Waals surface area contributed by atoms with E-state index >= 15 is 0 Å². The summed E-state index contributed by atoms with van der Waals surface area (Å²) in [6.45, 7) is 1.99. The van der Waals surface area contributed by atoms with Gasteiger partial charge in [0.05, 0.1) is 7.11 Å². The summed E-state index contributed by atoms with van der Waals surface area (Å²) >= 11 is 0. The number of para-hydroxylation sites is 1. The fourth-order valence-electron chi connectivity index (χ4n) is 2.04.